The smallest absolute Gasteiger partial charge is 0.339 e. The lowest BCUT2D eigenvalue weighted by Gasteiger charge is -2.20. The second-order valence-corrected chi connectivity index (χ2v) is 5.87. The molecule has 2 rings (SSSR count). The van der Waals surface area contributed by atoms with E-state index in [0.717, 1.165) is 11.1 Å². The van der Waals surface area contributed by atoms with Gasteiger partial charge in [-0.3, -0.25) is 0 Å². The van der Waals surface area contributed by atoms with Gasteiger partial charge in [-0.05, 0) is 23.5 Å². The fraction of sp³-hybridized carbons (Fsp3) is 0.312. The predicted molar refractivity (Wildman–Crippen MR) is 77.9 cm³/mol. The third-order valence-electron chi connectivity index (χ3n) is 3.29. The zero-order valence-corrected chi connectivity index (χ0v) is 12.1. The zero-order valence-electron chi connectivity index (χ0n) is 12.1. The molecule has 4 heteroatoms. The van der Waals surface area contributed by atoms with Gasteiger partial charge in [-0.15, -0.1) is 0 Å². The van der Waals surface area contributed by atoms with Crippen LogP contribution in [-0.4, -0.2) is 21.0 Å². The maximum absolute atomic E-state index is 11.3. The van der Waals surface area contributed by atoms with Crippen molar-refractivity contribution in [2.45, 2.75) is 33.1 Å². The van der Waals surface area contributed by atoms with Crippen molar-refractivity contribution in [2.75, 3.05) is 0 Å². The second-order valence-electron chi connectivity index (χ2n) is 5.87. The lowest BCUT2D eigenvalue weighted by Crippen LogP contribution is -2.11. The molecule has 4 nitrogen and oxygen atoms in total. The molecule has 0 radical (unpaired) electrons. The lowest BCUT2D eigenvalue weighted by molar-refractivity contribution is 0.0697. The fourth-order valence-corrected chi connectivity index (χ4v) is 2.10. The number of carboxylic acids is 1. The van der Waals surface area contributed by atoms with Crippen molar-refractivity contribution in [3.8, 4) is 11.3 Å². The number of aromatic carboxylic acids is 1. The van der Waals surface area contributed by atoms with Gasteiger partial charge in [0, 0.05) is 11.8 Å². The Labute approximate surface area is 118 Å². The Bertz CT molecular complexity index is 658. The first kappa shape index (κ1) is 14.2. The van der Waals surface area contributed by atoms with Crippen molar-refractivity contribution < 1.29 is 9.90 Å². The number of hydrogen-bond donors (Lipinski definition) is 1. The summed E-state index contributed by atoms with van der Waals surface area (Å²) in [4.78, 5) is 19.2. The van der Waals surface area contributed by atoms with Crippen LogP contribution in [-0.2, 0) is 5.41 Å². The van der Waals surface area contributed by atoms with Crippen molar-refractivity contribution in [3.63, 3.8) is 0 Å². The number of rotatable bonds is 2. The van der Waals surface area contributed by atoms with Gasteiger partial charge in [0.25, 0.3) is 0 Å². The summed E-state index contributed by atoms with van der Waals surface area (Å²) >= 11 is 0. The summed E-state index contributed by atoms with van der Waals surface area (Å²) < 4.78 is 0. The van der Waals surface area contributed by atoms with E-state index in [4.69, 9.17) is 0 Å². The Morgan fingerprint density at radius 2 is 1.95 bits per heavy atom. The number of nitrogens with zero attached hydrogens (tertiary/aromatic N) is 2. The van der Waals surface area contributed by atoms with Crippen molar-refractivity contribution in [2.24, 2.45) is 0 Å². The van der Waals surface area contributed by atoms with Gasteiger partial charge >= 0.3 is 5.97 Å². The molecular formula is C16H18N2O2. The zero-order chi connectivity index (χ0) is 14.9. The maximum atomic E-state index is 11.3. The van der Waals surface area contributed by atoms with Gasteiger partial charge in [-0.2, -0.15) is 0 Å². The van der Waals surface area contributed by atoms with Gasteiger partial charge in [-0.25, -0.2) is 14.8 Å². The minimum Gasteiger partial charge on any atom is -0.478 e. The summed E-state index contributed by atoms with van der Waals surface area (Å²) in [5.74, 6) is -1.01. The summed E-state index contributed by atoms with van der Waals surface area (Å²) in [5.41, 5.74) is 3.70. The van der Waals surface area contributed by atoms with Gasteiger partial charge in [0.15, 0.2) is 0 Å². The highest BCUT2D eigenvalue weighted by atomic mass is 16.4. The van der Waals surface area contributed by atoms with Crippen molar-refractivity contribution in [3.05, 3.63) is 47.4 Å². The summed E-state index contributed by atoms with van der Waals surface area (Å²) in [6.07, 6.45) is 2.71. The first-order chi connectivity index (χ1) is 9.30. The topological polar surface area (TPSA) is 63.1 Å². The van der Waals surface area contributed by atoms with Crippen LogP contribution in [0.1, 0.15) is 42.3 Å². The molecule has 1 N–H and O–H groups in total. The molecule has 1 aromatic carbocycles. The minimum absolute atomic E-state index is 0.0601. The van der Waals surface area contributed by atoms with Crippen LogP contribution < -0.4 is 0 Å². The Morgan fingerprint density at radius 3 is 2.50 bits per heavy atom. The number of carbonyl (C=O) groups is 1. The average molecular weight is 270 g/mol. The van der Waals surface area contributed by atoms with Crippen molar-refractivity contribution in [1.29, 1.82) is 0 Å². The molecule has 0 saturated heterocycles. The first-order valence-electron chi connectivity index (χ1n) is 6.45. The molecule has 0 aliphatic rings. The maximum Gasteiger partial charge on any atom is 0.339 e. The SMILES string of the molecule is Cc1cc(C(C)(C)C)ccc1-c1ncncc1C(=O)O. The molecule has 0 bridgehead atoms. The molecule has 0 saturated carbocycles. The largest absolute Gasteiger partial charge is 0.478 e. The second kappa shape index (κ2) is 5.04. The standard InChI is InChI=1S/C16H18N2O2/c1-10-7-11(16(2,3)4)5-6-12(10)14-13(15(19)20)8-17-9-18-14/h5-9H,1-4H3,(H,19,20). The van der Waals surface area contributed by atoms with Crippen LogP contribution in [0.3, 0.4) is 0 Å². The molecule has 2 aromatic rings. The van der Waals surface area contributed by atoms with E-state index in [9.17, 15) is 9.90 Å². The van der Waals surface area contributed by atoms with Gasteiger partial charge in [-0.1, -0.05) is 39.0 Å². The first-order valence-corrected chi connectivity index (χ1v) is 6.45. The van der Waals surface area contributed by atoms with Crippen molar-refractivity contribution in [1.82, 2.24) is 9.97 Å². The average Bonchev–Trinajstić information content (AvgIpc) is 2.37. The van der Waals surface area contributed by atoms with E-state index >= 15 is 0 Å². The normalized spacial score (nSPS) is 11.4. The molecule has 1 aromatic heterocycles. The minimum atomic E-state index is -1.01. The summed E-state index contributed by atoms with van der Waals surface area (Å²) in [6, 6.07) is 6.05. The molecule has 0 amide bonds. The number of benzene rings is 1. The monoisotopic (exact) mass is 270 g/mol. The summed E-state index contributed by atoms with van der Waals surface area (Å²) in [7, 11) is 0. The Morgan fingerprint density at radius 1 is 1.25 bits per heavy atom. The van der Waals surface area contributed by atoms with E-state index in [1.165, 1.54) is 18.1 Å². The molecule has 104 valence electrons. The molecule has 0 aliphatic heterocycles. The number of aromatic nitrogens is 2. The van der Waals surface area contributed by atoms with E-state index in [2.05, 4.69) is 36.8 Å². The van der Waals surface area contributed by atoms with E-state index in [0.29, 0.717) is 5.69 Å². The number of hydrogen-bond acceptors (Lipinski definition) is 3. The van der Waals surface area contributed by atoms with E-state index in [1.54, 1.807) is 0 Å². The van der Waals surface area contributed by atoms with Gasteiger partial charge < -0.3 is 5.11 Å². The molecule has 1 heterocycles. The third-order valence-corrected chi connectivity index (χ3v) is 3.29. The van der Waals surface area contributed by atoms with E-state index in [-0.39, 0.29) is 11.0 Å². The molecular weight excluding hydrogens is 252 g/mol. The van der Waals surface area contributed by atoms with Gasteiger partial charge in [0.1, 0.15) is 11.9 Å². The molecule has 0 unspecified atom stereocenters. The molecule has 0 aliphatic carbocycles. The van der Waals surface area contributed by atoms with Crippen molar-refractivity contribution >= 4 is 5.97 Å². The van der Waals surface area contributed by atoms with Crippen LogP contribution in [0, 0.1) is 6.92 Å². The lowest BCUT2D eigenvalue weighted by atomic mass is 9.85. The van der Waals surface area contributed by atoms with Crippen LogP contribution in [0.25, 0.3) is 11.3 Å². The summed E-state index contributed by atoms with van der Waals surface area (Å²) in [6.45, 7) is 8.41. The highest BCUT2D eigenvalue weighted by Gasteiger charge is 2.18. The van der Waals surface area contributed by atoms with Gasteiger partial charge in [0.05, 0.1) is 5.69 Å². The highest BCUT2D eigenvalue weighted by Crippen LogP contribution is 2.29. The Balaban J connectivity index is 2.58. The summed E-state index contributed by atoms with van der Waals surface area (Å²) in [5, 5.41) is 9.22. The quantitative estimate of drug-likeness (QED) is 0.907. The molecule has 0 spiro atoms. The fourth-order valence-electron chi connectivity index (χ4n) is 2.10. The van der Waals surface area contributed by atoms with Crippen LogP contribution in [0.15, 0.2) is 30.7 Å². The van der Waals surface area contributed by atoms with E-state index in [1.807, 2.05) is 19.1 Å². The third kappa shape index (κ3) is 2.69. The number of carboxylic acid groups (broad SMARTS) is 1. The highest BCUT2D eigenvalue weighted by molar-refractivity contribution is 5.94. The molecule has 20 heavy (non-hydrogen) atoms. The van der Waals surface area contributed by atoms with Crippen LogP contribution in [0.5, 0.6) is 0 Å². The Kier molecular flexibility index (Phi) is 3.57. The molecule has 0 atom stereocenters. The number of aryl methyl sites for hydroxylation is 1. The van der Waals surface area contributed by atoms with Crippen LogP contribution in [0.2, 0.25) is 0 Å². The van der Waals surface area contributed by atoms with Crippen LogP contribution >= 0.6 is 0 Å². The van der Waals surface area contributed by atoms with Gasteiger partial charge in [0.2, 0.25) is 0 Å². The Hall–Kier alpha value is -2.23. The van der Waals surface area contributed by atoms with E-state index < -0.39 is 5.97 Å². The molecule has 0 fully saturated rings. The predicted octanol–water partition coefficient (Wildman–Crippen LogP) is 3.45. The van der Waals surface area contributed by atoms with Crippen LogP contribution in [0.4, 0.5) is 0 Å².